The summed E-state index contributed by atoms with van der Waals surface area (Å²) in [4.78, 5) is 26.0. The average Bonchev–Trinajstić information content (AvgIpc) is 3.51. The number of carbonyl (C=O) groups excluding carboxylic acids is 1. The van der Waals surface area contributed by atoms with E-state index >= 15 is 0 Å². The number of aryl methyl sites for hydroxylation is 2. The molecular formula is C31H21Cl2N3O2S2. The first kappa shape index (κ1) is 26.7. The topological polar surface area (TPSA) is 58.7 Å². The Kier molecular flexibility index (Phi) is 7.47. The number of aromatic nitrogens is 1. The lowest BCUT2D eigenvalue weighted by atomic mass is 10.2. The van der Waals surface area contributed by atoms with Gasteiger partial charge in [-0.15, -0.1) is 0 Å². The molecule has 40 heavy (non-hydrogen) atoms. The Morgan fingerprint density at radius 3 is 2.52 bits per heavy atom. The number of aliphatic imine (C=N–C) groups is 1. The number of amides is 1. The first-order valence-corrected chi connectivity index (χ1v) is 14.7. The van der Waals surface area contributed by atoms with Crippen LogP contribution in [0.15, 0.2) is 109 Å². The Morgan fingerprint density at radius 1 is 0.950 bits per heavy atom. The number of para-hydroxylation sites is 1. The van der Waals surface area contributed by atoms with Crippen LogP contribution < -0.4 is 4.90 Å². The van der Waals surface area contributed by atoms with Crippen molar-refractivity contribution in [1.82, 2.24) is 4.98 Å². The van der Waals surface area contributed by atoms with Gasteiger partial charge in [0.1, 0.15) is 5.76 Å². The number of rotatable bonds is 5. The van der Waals surface area contributed by atoms with Crippen LogP contribution in [0.3, 0.4) is 0 Å². The van der Waals surface area contributed by atoms with Gasteiger partial charge in [-0.25, -0.2) is 4.99 Å². The fourth-order valence-corrected chi connectivity index (χ4v) is 6.36. The first-order valence-electron chi connectivity index (χ1n) is 12.3. The van der Waals surface area contributed by atoms with Crippen molar-refractivity contribution in [3.63, 3.8) is 0 Å². The molecule has 3 heterocycles. The average molecular weight is 603 g/mol. The van der Waals surface area contributed by atoms with E-state index in [0.717, 1.165) is 26.9 Å². The maximum atomic E-state index is 13.7. The predicted octanol–water partition coefficient (Wildman–Crippen LogP) is 9.71. The molecule has 9 heteroatoms. The molecule has 0 spiro atoms. The molecule has 1 fully saturated rings. The third-order valence-corrected chi connectivity index (χ3v) is 9.04. The van der Waals surface area contributed by atoms with Gasteiger partial charge in [-0.05, 0) is 97.0 Å². The summed E-state index contributed by atoms with van der Waals surface area (Å²) in [6, 6.07) is 24.8. The van der Waals surface area contributed by atoms with Gasteiger partial charge in [-0.2, -0.15) is 0 Å². The van der Waals surface area contributed by atoms with E-state index < -0.39 is 0 Å². The van der Waals surface area contributed by atoms with Gasteiger partial charge in [0.05, 0.1) is 21.8 Å². The minimum atomic E-state index is -0.217. The lowest BCUT2D eigenvalue weighted by Crippen LogP contribution is -2.28. The monoisotopic (exact) mass is 601 g/mol. The van der Waals surface area contributed by atoms with E-state index in [1.54, 1.807) is 29.3 Å². The zero-order chi connectivity index (χ0) is 27.8. The molecule has 0 aliphatic carbocycles. The number of amidine groups is 1. The minimum absolute atomic E-state index is 0.217. The van der Waals surface area contributed by atoms with Crippen LogP contribution in [0.4, 0.5) is 11.4 Å². The summed E-state index contributed by atoms with van der Waals surface area (Å²) in [5.74, 6) is 0.346. The van der Waals surface area contributed by atoms with Crippen LogP contribution in [0.5, 0.6) is 0 Å². The maximum Gasteiger partial charge on any atom is 0.271 e. The molecule has 1 aliphatic heterocycles. The fraction of sp³-hybridized carbons (Fsp3) is 0.0645. The zero-order valence-electron chi connectivity index (χ0n) is 21.4. The first-order chi connectivity index (χ1) is 19.4. The Morgan fingerprint density at radius 2 is 1.73 bits per heavy atom. The quantitative estimate of drug-likeness (QED) is 0.188. The van der Waals surface area contributed by atoms with Crippen molar-refractivity contribution in [1.29, 1.82) is 0 Å². The van der Waals surface area contributed by atoms with Crippen molar-refractivity contribution >= 4 is 86.2 Å². The Labute approximate surface area is 249 Å². The molecule has 2 aromatic heterocycles. The number of hydrogen-bond acceptors (Lipinski definition) is 6. The summed E-state index contributed by atoms with van der Waals surface area (Å²) in [5, 5.41) is 3.44. The highest BCUT2D eigenvalue weighted by molar-refractivity contribution is 8.19. The number of thioether (sulfide) groups is 1. The maximum absolute atomic E-state index is 13.7. The lowest BCUT2D eigenvalue weighted by Gasteiger charge is -2.16. The number of anilines is 1. The van der Waals surface area contributed by atoms with Crippen LogP contribution in [0, 0.1) is 13.8 Å². The summed E-state index contributed by atoms with van der Waals surface area (Å²) >= 11 is 15.5. The van der Waals surface area contributed by atoms with Crippen LogP contribution >= 0.6 is 46.7 Å². The molecule has 0 unspecified atom stereocenters. The van der Waals surface area contributed by atoms with Crippen molar-refractivity contribution in [2.45, 2.75) is 23.8 Å². The molecule has 0 saturated carbocycles. The third-order valence-electron chi connectivity index (χ3n) is 6.28. The van der Waals surface area contributed by atoms with Gasteiger partial charge >= 0.3 is 0 Å². The molecule has 0 atom stereocenters. The molecule has 1 saturated heterocycles. The molecule has 5 aromatic rings. The van der Waals surface area contributed by atoms with Crippen molar-refractivity contribution in [2.24, 2.45) is 4.99 Å². The highest BCUT2D eigenvalue weighted by Crippen LogP contribution is 2.40. The van der Waals surface area contributed by atoms with Gasteiger partial charge in [0.2, 0.25) is 0 Å². The second-order valence-corrected chi connectivity index (χ2v) is 12.0. The van der Waals surface area contributed by atoms with E-state index in [1.165, 1.54) is 23.5 Å². The van der Waals surface area contributed by atoms with Crippen molar-refractivity contribution in [2.75, 3.05) is 4.90 Å². The molecule has 3 aromatic carbocycles. The zero-order valence-corrected chi connectivity index (χ0v) is 24.5. The van der Waals surface area contributed by atoms with Crippen LogP contribution in [0.1, 0.15) is 16.9 Å². The molecule has 0 bridgehead atoms. The van der Waals surface area contributed by atoms with Gasteiger partial charge in [-0.1, -0.05) is 53.5 Å². The Balaban J connectivity index is 1.33. The van der Waals surface area contributed by atoms with E-state index in [2.05, 4.69) is 4.98 Å². The molecule has 5 nitrogen and oxygen atoms in total. The Bertz CT molecular complexity index is 1840. The minimum Gasteiger partial charge on any atom is -0.450 e. The van der Waals surface area contributed by atoms with Gasteiger partial charge in [0, 0.05) is 32.6 Å². The number of furan rings is 1. The molecule has 0 radical (unpaired) electrons. The van der Waals surface area contributed by atoms with E-state index in [4.69, 9.17) is 32.6 Å². The van der Waals surface area contributed by atoms with Crippen LogP contribution in [-0.4, -0.2) is 16.1 Å². The summed E-state index contributed by atoms with van der Waals surface area (Å²) < 4.78 is 6.10. The number of benzene rings is 3. The number of hydrogen-bond donors (Lipinski definition) is 0. The van der Waals surface area contributed by atoms with Gasteiger partial charge < -0.3 is 4.42 Å². The molecule has 198 valence electrons. The second-order valence-electron chi connectivity index (χ2n) is 9.10. The number of fused-ring (bicyclic) bond motifs is 1. The molecule has 0 N–H and O–H groups in total. The standard InChI is InChI=1S/C31H21Cl2N3O2S2/c1-18-8-10-21(15-24(18)32)35-31-36(22-11-9-19(2)25(33)16-22)30(37)27(40-31)17-23-12-13-28(38-23)39-26-7-3-5-20-6-4-14-34-29(20)26/h3-17H,1-2H3/b27-17-,35-31?. The number of halogens is 2. The number of nitrogens with zero attached hydrogens (tertiary/aromatic N) is 3. The van der Waals surface area contributed by atoms with E-state index in [9.17, 15) is 4.79 Å². The van der Waals surface area contributed by atoms with Crippen LogP contribution in [0.2, 0.25) is 10.0 Å². The molecule has 1 amide bonds. The van der Waals surface area contributed by atoms with E-state index in [-0.39, 0.29) is 5.91 Å². The Hall–Kier alpha value is -3.49. The number of carbonyl (C=O) groups is 1. The fourth-order valence-electron chi connectivity index (χ4n) is 4.12. The second kappa shape index (κ2) is 11.2. The van der Waals surface area contributed by atoms with Gasteiger partial charge in [0.15, 0.2) is 10.3 Å². The normalized spacial score (nSPS) is 15.6. The molecule has 1 aliphatic rings. The third kappa shape index (κ3) is 5.43. The van der Waals surface area contributed by atoms with Crippen molar-refractivity contribution < 1.29 is 9.21 Å². The lowest BCUT2D eigenvalue weighted by molar-refractivity contribution is -0.113. The van der Waals surface area contributed by atoms with E-state index in [1.807, 2.05) is 80.6 Å². The highest BCUT2D eigenvalue weighted by Gasteiger charge is 2.35. The van der Waals surface area contributed by atoms with Gasteiger partial charge in [0.25, 0.3) is 5.91 Å². The summed E-state index contributed by atoms with van der Waals surface area (Å²) in [6.07, 6.45) is 3.52. The number of pyridine rings is 1. The molecule has 6 rings (SSSR count). The van der Waals surface area contributed by atoms with Crippen LogP contribution in [0.25, 0.3) is 17.0 Å². The summed E-state index contributed by atoms with van der Waals surface area (Å²) in [7, 11) is 0. The van der Waals surface area contributed by atoms with Crippen molar-refractivity contribution in [3.05, 3.63) is 117 Å². The van der Waals surface area contributed by atoms with Crippen molar-refractivity contribution in [3.8, 4) is 0 Å². The largest absolute Gasteiger partial charge is 0.450 e. The highest BCUT2D eigenvalue weighted by atomic mass is 35.5. The van der Waals surface area contributed by atoms with Gasteiger partial charge in [-0.3, -0.25) is 14.7 Å². The SMILES string of the molecule is Cc1ccc(N=C2S/C(=C\c3ccc(Sc4cccc5cccnc45)o3)C(=O)N2c2ccc(C)c(Cl)c2)cc1Cl. The summed E-state index contributed by atoms with van der Waals surface area (Å²) in [6.45, 7) is 3.85. The predicted molar refractivity (Wildman–Crippen MR) is 167 cm³/mol. The smallest absolute Gasteiger partial charge is 0.271 e. The summed E-state index contributed by atoms with van der Waals surface area (Å²) in [5.41, 5.74) is 4.07. The van der Waals surface area contributed by atoms with Crippen LogP contribution in [-0.2, 0) is 4.79 Å². The van der Waals surface area contributed by atoms with E-state index in [0.29, 0.717) is 42.3 Å². The molecular weight excluding hydrogens is 581 g/mol.